The summed E-state index contributed by atoms with van der Waals surface area (Å²) in [7, 11) is 0. The lowest BCUT2D eigenvalue weighted by Crippen LogP contribution is -3.00. The van der Waals surface area contributed by atoms with E-state index in [2.05, 4.69) is 34.6 Å². The molecule has 0 spiro atoms. The highest BCUT2D eigenvalue weighted by Crippen LogP contribution is 2.40. The molecule has 0 amide bonds. The summed E-state index contributed by atoms with van der Waals surface area (Å²) >= 11 is 0. The average Bonchev–Trinajstić information content (AvgIpc) is 2.30. The van der Waals surface area contributed by atoms with E-state index in [1.807, 2.05) is 0 Å². The van der Waals surface area contributed by atoms with E-state index in [-0.39, 0.29) is 35.7 Å². The van der Waals surface area contributed by atoms with Crippen LogP contribution < -0.4 is 12.4 Å². The van der Waals surface area contributed by atoms with Gasteiger partial charge < -0.3 is 22.7 Å². The summed E-state index contributed by atoms with van der Waals surface area (Å²) in [6.45, 7) is 12.8. The van der Waals surface area contributed by atoms with Crippen molar-refractivity contribution in [2.75, 3.05) is 19.6 Å². The zero-order chi connectivity index (χ0) is 15.9. The topological polar surface area (TPSA) is 52.9 Å². The standard InChI is InChI=1S/C16H33N2O3.ClH/c1-6-7-8-18(11-13(19)12-18)21-14-9-15(2,3)17(20)16(4,5)10-14;/h13-14,19-20H,6-12H2,1-5H3;1H/q+1;/p-1. The van der Waals surface area contributed by atoms with Crippen molar-refractivity contribution in [1.82, 2.24) is 5.06 Å². The van der Waals surface area contributed by atoms with Crippen LogP contribution in [-0.2, 0) is 4.84 Å². The van der Waals surface area contributed by atoms with E-state index in [1.165, 1.54) is 5.06 Å². The fourth-order valence-electron chi connectivity index (χ4n) is 4.05. The molecular formula is C16H33ClN2O3. The molecule has 2 fully saturated rings. The van der Waals surface area contributed by atoms with Crippen LogP contribution in [0.4, 0.5) is 0 Å². The predicted octanol–water partition coefficient (Wildman–Crippen LogP) is -0.676. The molecular weight excluding hydrogens is 304 g/mol. The van der Waals surface area contributed by atoms with Crippen molar-refractivity contribution in [2.24, 2.45) is 0 Å². The Morgan fingerprint density at radius 3 is 2.05 bits per heavy atom. The second-order valence-electron chi connectivity index (χ2n) is 8.23. The highest BCUT2D eigenvalue weighted by atomic mass is 35.5. The lowest BCUT2D eigenvalue weighted by atomic mass is 9.80. The second kappa shape index (κ2) is 6.91. The van der Waals surface area contributed by atoms with Crippen molar-refractivity contribution < 1.29 is 32.2 Å². The fraction of sp³-hybridized carbons (Fsp3) is 1.00. The molecule has 0 unspecified atom stereocenters. The molecule has 2 saturated heterocycles. The highest BCUT2D eigenvalue weighted by molar-refractivity contribution is 4.96. The van der Waals surface area contributed by atoms with E-state index in [0.29, 0.717) is 17.7 Å². The Balaban J connectivity index is 0.00000242. The van der Waals surface area contributed by atoms with E-state index in [4.69, 9.17) is 4.84 Å². The van der Waals surface area contributed by atoms with Crippen LogP contribution in [-0.4, -0.2) is 62.9 Å². The first kappa shape index (κ1) is 20.1. The van der Waals surface area contributed by atoms with Gasteiger partial charge in [0.1, 0.15) is 25.7 Å². The summed E-state index contributed by atoms with van der Waals surface area (Å²) in [6, 6.07) is 0. The Kier molecular flexibility index (Phi) is 6.33. The largest absolute Gasteiger partial charge is 1.00 e. The molecule has 2 aliphatic heterocycles. The van der Waals surface area contributed by atoms with Gasteiger partial charge in [0.2, 0.25) is 0 Å². The van der Waals surface area contributed by atoms with Gasteiger partial charge in [-0.15, -0.1) is 0 Å². The van der Waals surface area contributed by atoms with Gasteiger partial charge in [-0.3, -0.25) is 0 Å². The molecule has 0 aliphatic carbocycles. The number of quaternary nitrogens is 1. The third kappa shape index (κ3) is 4.13. The molecule has 6 heteroatoms. The Bertz CT molecular complexity index is 352. The average molecular weight is 337 g/mol. The van der Waals surface area contributed by atoms with Gasteiger partial charge in [-0.05, 0) is 47.0 Å². The minimum absolute atomic E-state index is 0. The predicted molar refractivity (Wildman–Crippen MR) is 81.7 cm³/mol. The molecule has 2 rings (SSSR count). The summed E-state index contributed by atoms with van der Waals surface area (Å²) in [5.41, 5.74) is -0.574. The number of aliphatic hydroxyl groups is 1. The molecule has 2 aliphatic rings. The number of aliphatic hydroxyl groups excluding tert-OH is 1. The first-order valence-electron chi connectivity index (χ1n) is 8.32. The quantitative estimate of drug-likeness (QED) is 0.654. The van der Waals surface area contributed by atoms with Crippen molar-refractivity contribution >= 4 is 0 Å². The second-order valence-corrected chi connectivity index (χ2v) is 8.23. The number of halogens is 1. The van der Waals surface area contributed by atoms with Crippen LogP contribution in [0.25, 0.3) is 0 Å². The Morgan fingerprint density at radius 1 is 1.14 bits per heavy atom. The molecule has 0 saturated carbocycles. The molecule has 2 heterocycles. The van der Waals surface area contributed by atoms with Crippen molar-refractivity contribution in [3.8, 4) is 0 Å². The van der Waals surface area contributed by atoms with E-state index in [9.17, 15) is 10.3 Å². The minimum Gasteiger partial charge on any atom is -1.00 e. The lowest BCUT2D eigenvalue weighted by molar-refractivity contribution is -1.14. The number of likely N-dealkylation sites (tertiary alicyclic amines) is 1. The molecule has 0 aromatic heterocycles. The number of rotatable bonds is 5. The molecule has 0 aromatic carbocycles. The molecule has 0 atom stereocenters. The van der Waals surface area contributed by atoms with Gasteiger partial charge in [0, 0.05) is 11.1 Å². The van der Waals surface area contributed by atoms with Gasteiger partial charge in [-0.1, -0.05) is 13.3 Å². The molecule has 2 N–H and O–H groups in total. The third-order valence-corrected chi connectivity index (χ3v) is 4.98. The number of nitrogens with zero attached hydrogens (tertiary/aromatic N) is 2. The van der Waals surface area contributed by atoms with E-state index in [0.717, 1.165) is 32.2 Å². The third-order valence-electron chi connectivity index (χ3n) is 4.98. The van der Waals surface area contributed by atoms with Gasteiger partial charge in [0.05, 0.1) is 0 Å². The van der Waals surface area contributed by atoms with E-state index < -0.39 is 0 Å². The first-order valence-corrected chi connectivity index (χ1v) is 8.32. The highest BCUT2D eigenvalue weighted by Gasteiger charge is 2.52. The maximum atomic E-state index is 10.4. The van der Waals surface area contributed by atoms with Crippen molar-refractivity contribution in [3.63, 3.8) is 0 Å². The van der Waals surface area contributed by atoms with Crippen LogP contribution in [0, 0.1) is 0 Å². The summed E-state index contributed by atoms with van der Waals surface area (Å²) in [4.78, 5) is 6.45. The minimum atomic E-state index is -0.287. The fourth-order valence-corrected chi connectivity index (χ4v) is 4.05. The van der Waals surface area contributed by atoms with Gasteiger partial charge in [-0.2, -0.15) is 14.5 Å². The molecule has 132 valence electrons. The Morgan fingerprint density at radius 2 is 1.64 bits per heavy atom. The van der Waals surface area contributed by atoms with Crippen molar-refractivity contribution in [3.05, 3.63) is 0 Å². The van der Waals surface area contributed by atoms with Gasteiger partial charge >= 0.3 is 0 Å². The van der Waals surface area contributed by atoms with Crippen LogP contribution in [0.1, 0.15) is 60.3 Å². The maximum Gasteiger partial charge on any atom is 0.158 e. The number of hydrogen-bond donors (Lipinski definition) is 2. The van der Waals surface area contributed by atoms with Gasteiger partial charge in [0.25, 0.3) is 0 Å². The first-order chi connectivity index (χ1) is 9.60. The Hall–Kier alpha value is 0.0900. The van der Waals surface area contributed by atoms with Crippen molar-refractivity contribution in [1.29, 1.82) is 0 Å². The zero-order valence-electron chi connectivity index (χ0n) is 14.7. The van der Waals surface area contributed by atoms with Crippen LogP contribution in [0.2, 0.25) is 0 Å². The lowest BCUT2D eigenvalue weighted by Gasteiger charge is -2.54. The summed E-state index contributed by atoms with van der Waals surface area (Å²) in [6.07, 6.45) is 3.80. The SMILES string of the molecule is CCCC[N+]1(OC2CC(C)(C)N(O)C(C)(C)C2)CC(O)C1.[Cl-]. The molecule has 0 aromatic rings. The Labute approximate surface area is 141 Å². The monoisotopic (exact) mass is 336 g/mol. The van der Waals surface area contributed by atoms with Crippen molar-refractivity contribution in [2.45, 2.75) is 83.6 Å². The van der Waals surface area contributed by atoms with Gasteiger partial charge in [0.15, 0.2) is 6.10 Å². The smallest absolute Gasteiger partial charge is 0.158 e. The maximum absolute atomic E-state index is 10.4. The number of hydrogen-bond acceptors (Lipinski definition) is 4. The van der Waals surface area contributed by atoms with Crippen LogP contribution in [0.3, 0.4) is 0 Å². The molecule has 0 bridgehead atoms. The summed E-state index contributed by atoms with van der Waals surface area (Å²) in [5, 5.41) is 21.6. The van der Waals surface area contributed by atoms with Gasteiger partial charge in [-0.25, -0.2) is 0 Å². The normalized spacial score (nSPS) is 34.8. The van der Waals surface area contributed by atoms with E-state index in [1.54, 1.807) is 0 Å². The summed E-state index contributed by atoms with van der Waals surface area (Å²) < 4.78 is 0.595. The molecule has 5 nitrogen and oxygen atoms in total. The van der Waals surface area contributed by atoms with Crippen LogP contribution in [0.15, 0.2) is 0 Å². The van der Waals surface area contributed by atoms with E-state index >= 15 is 0 Å². The summed E-state index contributed by atoms with van der Waals surface area (Å²) in [5.74, 6) is 0. The zero-order valence-corrected chi connectivity index (χ0v) is 15.4. The number of unbranched alkanes of at least 4 members (excludes halogenated alkanes) is 1. The van der Waals surface area contributed by atoms with Crippen LogP contribution >= 0.6 is 0 Å². The number of piperidine rings is 1. The van der Waals surface area contributed by atoms with Crippen LogP contribution in [0.5, 0.6) is 0 Å². The molecule has 22 heavy (non-hydrogen) atoms. The molecule has 0 radical (unpaired) electrons. The number of hydroxylamine groups is 5.